The van der Waals surface area contributed by atoms with E-state index in [-0.39, 0.29) is 17.7 Å². The van der Waals surface area contributed by atoms with Crippen molar-refractivity contribution in [2.24, 2.45) is 5.92 Å². The van der Waals surface area contributed by atoms with Gasteiger partial charge in [-0.2, -0.15) is 0 Å². The van der Waals surface area contributed by atoms with Crippen LogP contribution in [0, 0.1) is 5.92 Å². The molecular formula is C16H17N3O3. The van der Waals surface area contributed by atoms with Crippen LogP contribution in [0.2, 0.25) is 0 Å². The third kappa shape index (κ3) is 3.16. The zero-order chi connectivity index (χ0) is 15.4. The molecule has 0 aromatic carbocycles. The van der Waals surface area contributed by atoms with E-state index < -0.39 is 0 Å². The average molecular weight is 299 g/mol. The van der Waals surface area contributed by atoms with E-state index in [0.29, 0.717) is 18.7 Å². The fraction of sp³-hybridized carbons (Fsp3) is 0.312. The summed E-state index contributed by atoms with van der Waals surface area (Å²) >= 11 is 0. The van der Waals surface area contributed by atoms with Gasteiger partial charge in [0.15, 0.2) is 0 Å². The Morgan fingerprint density at radius 1 is 1.27 bits per heavy atom. The molecule has 6 nitrogen and oxygen atoms in total. The molecule has 22 heavy (non-hydrogen) atoms. The van der Waals surface area contributed by atoms with E-state index in [9.17, 15) is 9.59 Å². The number of aromatic nitrogens is 1. The van der Waals surface area contributed by atoms with E-state index in [0.717, 1.165) is 18.5 Å². The number of piperidine rings is 1. The maximum atomic E-state index is 12.3. The number of furan rings is 1. The third-order valence-corrected chi connectivity index (χ3v) is 3.80. The van der Waals surface area contributed by atoms with Gasteiger partial charge >= 0.3 is 0 Å². The lowest BCUT2D eigenvalue weighted by molar-refractivity contribution is -0.121. The molecule has 6 heteroatoms. The number of rotatable bonds is 3. The molecule has 3 rings (SSSR count). The summed E-state index contributed by atoms with van der Waals surface area (Å²) in [7, 11) is 0. The van der Waals surface area contributed by atoms with Crippen LogP contribution in [0.25, 0.3) is 0 Å². The van der Waals surface area contributed by atoms with Crippen LogP contribution in [0.4, 0.5) is 5.69 Å². The number of carbonyl (C=O) groups excluding carboxylic acids is 2. The fourth-order valence-electron chi connectivity index (χ4n) is 2.62. The van der Waals surface area contributed by atoms with Crippen molar-refractivity contribution >= 4 is 17.5 Å². The SMILES string of the molecule is O=C(Nc1ccncc1)C1CCCN(C(=O)c2ccoc2)C1. The number of anilines is 1. The van der Waals surface area contributed by atoms with Gasteiger partial charge in [0.2, 0.25) is 5.91 Å². The van der Waals surface area contributed by atoms with Crippen LogP contribution in [0.3, 0.4) is 0 Å². The van der Waals surface area contributed by atoms with E-state index in [1.165, 1.54) is 12.5 Å². The van der Waals surface area contributed by atoms with E-state index in [4.69, 9.17) is 4.42 Å². The first-order valence-corrected chi connectivity index (χ1v) is 7.26. The van der Waals surface area contributed by atoms with Crippen LogP contribution in [-0.4, -0.2) is 34.8 Å². The van der Waals surface area contributed by atoms with Gasteiger partial charge in [-0.25, -0.2) is 0 Å². The summed E-state index contributed by atoms with van der Waals surface area (Å²) in [4.78, 5) is 30.3. The molecule has 1 aliphatic rings. The Morgan fingerprint density at radius 3 is 2.82 bits per heavy atom. The maximum Gasteiger partial charge on any atom is 0.257 e. The summed E-state index contributed by atoms with van der Waals surface area (Å²) in [6.07, 6.45) is 7.77. The molecule has 1 atom stereocenters. The molecule has 0 radical (unpaired) electrons. The van der Waals surface area contributed by atoms with Crippen LogP contribution in [-0.2, 0) is 4.79 Å². The number of nitrogens with zero attached hydrogens (tertiary/aromatic N) is 2. The molecule has 1 saturated heterocycles. The zero-order valence-electron chi connectivity index (χ0n) is 12.1. The number of hydrogen-bond acceptors (Lipinski definition) is 4. The summed E-state index contributed by atoms with van der Waals surface area (Å²) < 4.78 is 4.95. The van der Waals surface area contributed by atoms with Crippen molar-refractivity contribution in [3.8, 4) is 0 Å². The predicted octanol–water partition coefficient (Wildman–Crippen LogP) is 2.17. The highest BCUT2D eigenvalue weighted by molar-refractivity contribution is 5.96. The summed E-state index contributed by atoms with van der Waals surface area (Å²) in [5.41, 5.74) is 1.24. The summed E-state index contributed by atoms with van der Waals surface area (Å²) in [6, 6.07) is 5.13. The highest BCUT2D eigenvalue weighted by Gasteiger charge is 2.29. The van der Waals surface area contributed by atoms with Crippen molar-refractivity contribution in [2.75, 3.05) is 18.4 Å². The molecule has 114 valence electrons. The Morgan fingerprint density at radius 2 is 2.09 bits per heavy atom. The van der Waals surface area contributed by atoms with Gasteiger partial charge in [-0.15, -0.1) is 0 Å². The maximum absolute atomic E-state index is 12.3. The number of carbonyl (C=O) groups is 2. The van der Waals surface area contributed by atoms with Gasteiger partial charge in [0.05, 0.1) is 17.7 Å². The second kappa shape index (κ2) is 6.43. The molecule has 0 bridgehead atoms. The van der Waals surface area contributed by atoms with Crippen molar-refractivity contribution in [1.82, 2.24) is 9.88 Å². The van der Waals surface area contributed by atoms with Crippen LogP contribution in [0.1, 0.15) is 23.2 Å². The van der Waals surface area contributed by atoms with Crippen LogP contribution in [0.5, 0.6) is 0 Å². The van der Waals surface area contributed by atoms with Crippen LogP contribution < -0.4 is 5.32 Å². The van der Waals surface area contributed by atoms with Gasteiger partial charge < -0.3 is 14.6 Å². The number of nitrogens with one attached hydrogen (secondary N) is 1. The smallest absolute Gasteiger partial charge is 0.257 e. The van der Waals surface area contributed by atoms with Crippen molar-refractivity contribution in [1.29, 1.82) is 0 Å². The number of likely N-dealkylation sites (tertiary alicyclic amines) is 1. The first kappa shape index (κ1) is 14.3. The molecule has 2 aromatic rings. The molecule has 1 fully saturated rings. The molecule has 0 aliphatic carbocycles. The molecule has 1 unspecified atom stereocenters. The number of pyridine rings is 1. The van der Waals surface area contributed by atoms with E-state index >= 15 is 0 Å². The Balaban J connectivity index is 1.63. The monoisotopic (exact) mass is 299 g/mol. The number of hydrogen-bond donors (Lipinski definition) is 1. The molecule has 2 amide bonds. The molecule has 0 saturated carbocycles. The highest BCUT2D eigenvalue weighted by atomic mass is 16.3. The van der Waals surface area contributed by atoms with Crippen molar-refractivity contribution in [3.05, 3.63) is 48.7 Å². The van der Waals surface area contributed by atoms with Gasteiger partial charge in [0.25, 0.3) is 5.91 Å². The number of amides is 2. The molecule has 1 N–H and O–H groups in total. The van der Waals surface area contributed by atoms with E-state index in [2.05, 4.69) is 10.3 Å². The van der Waals surface area contributed by atoms with Crippen molar-refractivity contribution in [2.45, 2.75) is 12.8 Å². The Bertz CT molecular complexity index is 640. The molecule has 3 heterocycles. The lowest BCUT2D eigenvalue weighted by atomic mass is 9.96. The normalized spacial score (nSPS) is 18.0. The minimum Gasteiger partial charge on any atom is -0.472 e. The minimum absolute atomic E-state index is 0.0594. The van der Waals surface area contributed by atoms with Gasteiger partial charge in [0, 0.05) is 31.2 Å². The fourth-order valence-corrected chi connectivity index (χ4v) is 2.62. The predicted molar refractivity (Wildman–Crippen MR) is 80.2 cm³/mol. The second-order valence-electron chi connectivity index (χ2n) is 5.33. The Kier molecular flexibility index (Phi) is 4.18. The Labute approximate surface area is 128 Å². The molecule has 1 aliphatic heterocycles. The lowest BCUT2D eigenvalue weighted by Gasteiger charge is -2.31. The first-order valence-electron chi connectivity index (χ1n) is 7.26. The summed E-state index contributed by atoms with van der Waals surface area (Å²) in [5, 5.41) is 2.87. The van der Waals surface area contributed by atoms with Gasteiger partial charge in [-0.3, -0.25) is 14.6 Å². The van der Waals surface area contributed by atoms with Crippen LogP contribution >= 0.6 is 0 Å². The molecular weight excluding hydrogens is 282 g/mol. The quantitative estimate of drug-likeness (QED) is 0.942. The van der Waals surface area contributed by atoms with E-state index in [1.807, 2.05) is 0 Å². The zero-order valence-corrected chi connectivity index (χ0v) is 12.1. The van der Waals surface area contributed by atoms with Gasteiger partial charge in [-0.1, -0.05) is 0 Å². The van der Waals surface area contributed by atoms with Crippen molar-refractivity contribution < 1.29 is 14.0 Å². The highest BCUT2D eigenvalue weighted by Crippen LogP contribution is 2.20. The Hall–Kier alpha value is -2.63. The summed E-state index contributed by atoms with van der Waals surface area (Å²) in [5.74, 6) is -0.344. The minimum atomic E-state index is -0.197. The third-order valence-electron chi connectivity index (χ3n) is 3.80. The standard InChI is InChI=1S/C16H17N3O3/c20-15(18-14-3-6-17-7-4-14)12-2-1-8-19(10-12)16(21)13-5-9-22-11-13/h3-7,9,11-12H,1-2,8,10H2,(H,17,18,20). The van der Waals surface area contributed by atoms with Crippen LogP contribution in [0.15, 0.2) is 47.5 Å². The summed E-state index contributed by atoms with van der Waals surface area (Å²) in [6.45, 7) is 1.10. The average Bonchev–Trinajstić information content (AvgIpc) is 3.09. The van der Waals surface area contributed by atoms with Crippen molar-refractivity contribution in [3.63, 3.8) is 0 Å². The largest absolute Gasteiger partial charge is 0.472 e. The van der Waals surface area contributed by atoms with E-state index in [1.54, 1.807) is 35.5 Å². The lowest BCUT2D eigenvalue weighted by Crippen LogP contribution is -2.43. The molecule has 2 aromatic heterocycles. The first-order chi connectivity index (χ1) is 10.7. The van der Waals surface area contributed by atoms with Gasteiger partial charge in [-0.05, 0) is 31.0 Å². The molecule has 0 spiro atoms. The topological polar surface area (TPSA) is 75.4 Å². The van der Waals surface area contributed by atoms with Gasteiger partial charge in [0.1, 0.15) is 6.26 Å². The second-order valence-corrected chi connectivity index (χ2v) is 5.33.